The van der Waals surface area contributed by atoms with Gasteiger partial charge in [-0.3, -0.25) is 5.41 Å². The van der Waals surface area contributed by atoms with Crippen LogP contribution in [0.25, 0.3) is 10.8 Å². The van der Waals surface area contributed by atoms with E-state index in [2.05, 4.69) is 0 Å². The van der Waals surface area contributed by atoms with Crippen molar-refractivity contribution in [3.8, 4) is 5.75 Å². The monoisotopic (exact) mass is 319 g/mol. The van der Waals surface area contributed by atoms with E-state index in [-0.39, 0.29) is 5.84 Å². The zero-order valence-corrected chi connectivity index (χ0v) is 13.0. The second-order valence-electron chi connectivity index (χ2n) is 5.43. The summed E-state index contributed by atoms with van der Waals surface area (Å²) >= 11 is 0. The van der Waals surface area contributed by atoms with Crippen LogP contribution in [0.15, 0.2) is 60.7 Å². The predicted octanol–water partition coefficient (Wildman–Crippen LogP) is 2.80. The van der Waals surface area contributed by atoms with Crippen LogP contribution < -0.4 is 16.2 Å². The number of nitrogen functional groups attached to an aromatic ring is 1. The molecule has 3 aromatic rings. The molecule has 0 aliphatic rings. The fourth-order valence-electron chi connectivity index (χ4n) is 2.40. The molecule has 3 rings (SSSR count). The number of amidine groups is 1. The van der Waals surface area contributed by atoms with Crippen LogP contribution in [0.1, 0.15) is 21.5 Å². The van der Waals surface area contributed by atoms with Crippen molar-refractivity contribution in [2.45, 2.75) is 6.54 Å². The summed E-state index contributed by atoms with van der Waals surface area (Å²) in [6.45, 7) is 0.433. The molecular weight excluding hydrogens is 302 g/mol. The lowest BCUT2D eigenvalue weighted by Crippen LogP contribution is -2.10. The highest BCUT2D eigenvalue weighted by atomic mass is 16.5. The van der Waals surface area contributed by atoms with Gasteiger partial charge in [0.2, 0.25) is 0 Å². The minimum atomic E-state index is -0.418. The molecular formula is C19H17N3O2. The van der Waals surface area contributed by atoms with Crippen molar-refractivity contribution in [1.29, 1.82) is 5.41 Å². The Morgan fingerprint density at radius 1 is 0.917 bits per heavy atom. The van der Waals surface area contributed by atoms with Crippen LogP contribution >= 0.6 is 0 Å². The number of carbonyl (C=O) groups excluding carboxylic acids is 1. The molecule has 24 heavy (non-hydrogen) atoms. The van der Waals surface area contributed by atoms with E-state index >= 15 is 0 Å². The number of carbonyl (C=O) groups is 1. The van der Waals surface area contributed by atoms with Crippen molar-refractivity contribution >= 4 is 22.6 Å². The highest BCUT2D eigenvalue weighted by molar-refractivity contribution is 5.99. The standard InChI is InChI=1S/C19H17N3O2/c20-11-12-1-3-13(4-2-12)19(23)24-17-8-7-14-9-16(18(21)22)6-5-15(14)10-17/h1-10H,11,20H2,(H3,21,22). The molecule has 0 aliphatic heterocycles. The second kappa shape index (κ2) is 6.52. The molecule has 5 heteroatoms. The van der Waals surface area contributed by atoms with E-state index in [0.29, 0.717) is 23.4 Å². The summed E-state index contributed by atoms with van der Waals surface area (Å²) in [4.78, 5) is 12.2. The molecule has 3 aromatic carbocycles. The van der Waals surface area contributed by atoms with E-state index in [1.165, 1.54) is 0 Å². The Hall–Kier alpha value is -3.18. The van der Waals surface area contributed by atoms with E-state index in [1.54, 1.807) is 42.5 Å². The van der Waals surface area contributed by atoms with E-state index in [0.717, 1.165) is 16.3 Å². The van der Waals surface area contributed by atoms with E-state index < -0.39 is 5.97 Å². The first kappa shape index (κ1) is 15.7. The van der Waals surface area contributed by atoms with Gasteiger partial charge in [-0.25, -0.2) is 4.79 Å². The summed E-state index contributed by atoms with van der Waals surface area (Å²) in [7, 11) is 0. The number of nitrogens with one attached hydrogen (secondary N) is 1. The minimum Gasteiger partial charge on any atom is -0.423 e. The fraction of sp³-hybridized carbons (Fsp3) is 0.0526. The maximum absolute atomic E-state index is 12.2. The van der Waals surface area contributed by atoms with Gasteiger partial charge in [-0.1, -0.05) is 30.3 Å². The second-order valence-corrected chi connectivity index (χ2v) is 5.43. The SMILES string of the molecule is N=C(N)c1ccc2cc(OC(=O)c3ccc(CN)cc3)ccc2c1. The molecule has 5 N–H and O–H groups in total. The number of hydrogen-bond acceptors (Lipinski definition) is 4. The summed E-state index contributed by atoms with van der Waals surface area (Å²) < 4.78 is 5.42. The summed E-state index contributed by atoms with van der Waals surface area (Å²) in [5, 5.41) is 9.30. The maximum atomic E-state index is 12.2. The lowest BCUT2D eigenvalue weighted by Gasteiger charge is -2.07. The molecule has 0 fully saturated rings. The van der Waals surface area contributed by atoms with Crippen LogP contribution in [0.5, 0.6) is 5.75 Å². The summed E-state index contributed by atoms with van der Waals surface area (Å²) in [5.41, 5.74) is 13.1. The predicted molar refractivity (Wildman–Crippen MR) is 94.3 cm³/mol. The number of fused-ring (bicyclic) bond motifs is 1. The molecule has 0 amide bonds. The highest BCUT2D eigenvalue weighted by Gasteiger charge is 2.09. The first-order chi connectivity index (χ1) is 11.6. The van der Waals surface area contributed by atoms with Crippen molar-refractivity contribution in [3.05, 3.63) is 77.4 Å². The maximum Gasteiger partial charge on any atom is 0.343 e. The third-order valence-electron chi connectivity index (χ3n) is 3.76. The van der Waals surface area contributed by atoms with E-state index in [4.69, 9.17) is 21.6 Å². The number of esters is 1. The number of rotatable bonds is 4. The summed E-state index contributed by atoms with van der Waals surface area (Å²) in [6.07, 6.45) is 0. The molecule has 0 saturated carbocycles. The largest absolute Gasteiger partial charge is 0.423 e. The minimum absolute atomic E-state index is 0.0216. The molecule has 5 nitrogen and oxygen atoms in total. The Morgan fingerprint density at radius 3 is 2.21 bits per heavy atom. The fourth-order valence-corrected chi connectivity index (χ4v) is 2.40. The zero-order chi connectivity index (χ0) is 17.1. The van der Waals surface area contributed by atoms with Crippen molar-refractivity contribution in [1.82, 2.24) is 0 Å². The lowest BCUT2D eigenvalue weighted by atomic mass is 10.1. The van der Waals surface area contributed by atoms with Gasteiger partial charge >= 0.3 is 5.97 Å². The summed E-state index contributed by atoms with van der Waals surface area (Å²) in [5.74, 6) is 0.0672. The van der Waals surface area contributed by atoms with Gasteiger partial charge < -0.3 is 16.2 Å². The molecule has 0 atom stereocenters. The molecule has 120 valence electrons. The van der Waals surface area contributed by atoms with Gasteiger partial charge in [0, 0.05) is 12.1 Å². The van der Waals surface area contributed by atoms with Gasteiger partial charge in [-0.05, 0) is 46.7 Å². The van der Waals surface area contributed by atoms with E-state index in [1.807, 2.05) is 18.2 Å². The van der Waals surface area contributed by atoms with Crippen molar-refractivity contribution in [2.24, 2.45) is 11.5 Å². The zero-order valence-electron chi connectivity index (χ0n) is 13.0. The van der Waals surface area contributed by atoms with Crippen molar-refractivity contribution in [2.75, 3.05) is 0 Å². The Morgan fingerprint density at radius 2 is 1.54 bits per heavy atom. The normalized spacial score (nSPS) is 10.5. The van der Waals surface area contributed by atoms with Gasteiger partial charge in [-0.15, -0.1) is 0 Å². The number of nitrogens with two attached hydrogens (primary N) is 2. The van der Waals surface area contributed by atoms with Crippen LogP contribution in [-0.4, -0.2) is 11.8 Å². The van der Waals surface area contributed by atoms with E-state index in [9.17, 15) is 4.79 Å². The molecule has 0 spiro atoms. The third kappa shape index (κ3) is 3.26. The molecule has 0 unspecified atom stereocenters. The van der Waals surface area contributed by atoms with Gasteiger partial charge in [0.1, 0.15) is 11.6 Å². The molecule has 0 radical (unpaired) electrons. The lowest BCUT2D eigenvalue weighted by molar-refractivity contribution is 0.0735. The van der Waals surface area contributed by atoms with Crippen LogP contribution in [0.2, 0.25) is 0 Å². The van der Waals surface area contributed by atoms with Crippen LogP contribution in [0.3, 0.4) is 0 Å². The van der Waals surface area contributed by atoms with Crippen molar-refractivity contribution < 1.29 is 9.53 Å². The Labute approximate surface area is 139 Å². The average Bonchev–Trinajstić information content (AvgIpc) is 2.61. The van der Waals surface area contributed by atoms with Crippen LogP contribution in [0, 0.1) is 5.41 Å². The van der Waals surface area contributed by atoms with Gasteiger partial charge in [-0.2, -0.15) is 0 Å². The number of benzene rings is 3. The first-order valence-corrected chi connectivity index (χ1v) is 7.46. The number of hydrogen-bond donors (Lipinski definition) is 3. The van der Waals surface area contributed by atoms with Gasteiger partial charge in [0.05, 0.1) is 5.56 Å². The Balaban J connectivity index is 1.82. The topological polar surface area (TPSA) is 102 Å². The molecule has 0 saturated heterocycles. The molecule has 0 bridgehead atoms. The highest BCUT2D eigenvalue weighted by Crippen LogP contribution is 2.23. The van der Waals surface area contributed by atoms with Crippen LogP contribution in [0.4, 0.5) is 0 Å². The smallest absolute Gasteiger partial charge is 0.343 e. The van der Waals surface area contributed by atoms with Crippen LogP contribution in [-0.2, 0) is 6.54 Å². The van der Waals surface area contributed by atoms with Gasteiger partial charge in [0.15, 0.2) is 0 Å². The quantitative estimate of drug-likeness (QED) is 0.298. The Kier molecular flexibility index (Phi) is 4.26. The average molecular weight is 319 g/mol. The molecule has 0 aliphatic carbocycles. The third-order valence-corrected chi connectivity index (χ3v) is 3.76. The van der Waals surface area contributed by atoms with Crippen molar-refractivity contribution in [3.63, 3.8) is 0 Å². The summed E-state index contributed by atoms with van der Waals surface area (Å²) in [6, 6.07) is 17.8. The molecule has 0 aromatic heterocycles. The molecule has 0 heterocycles. The first-order valence-electron chi connectivity index (χ1n) is 7.46. The number of ether oxygens (including phenoxy) is 1. The van der Waals surface area contributed by atoms with Gasteiger partial charge in [0.25, 0.3) is 0 Å². The Bertz CT molecular complexity index is 918.